The minimum atomic E-state index is 0.405. The van der Waals surface area contributed by atoms with E-state index in [1.165, 1.54) is 0 Å². The molecule has 0 saturated carbocycles. The zero-order valence-corrected chi connectivity index (χ0v) is 14.8. The summed E-state index contributed by atoms with van der Waals surface area (Å²) in [5.41, 5.74) is 4.44. The molecule has 3 rings (SSSR count). The average molecular weight is 341 g/mol. The Morgan fingerprint density at radius 2 is 2.08 bits per heavy atom. The van der Waals surface area contributed by atoms with Crippen LogP contribution in [0.3, 0.4) is 0 Å². The molecule has 0 aliphatic heterocycles. The van der Waals surface area contributed by atoms with E-state index in [-0.39, 0.29) is 0 Å². The van der Waals surface area contributed by atoms with Gasteiger partial charge in [0, 0.05) is 29.1 Å². The number of benzene rings is 1. The van der Waals surface area contributed by atoms with Crippen molar-refractivity contribution < 1.29 is 4.42 Å². The number of allylic oxidation sites excluding steroid dienone is 3. The molecular weight excluding hydrogens is 322 g/mol. The lowest BCUT2D eigenvalue weighted by Gasteiger charge is -2.04. The Hall–Kier alpha value is -3.45. The standard InChI is InChI=1S/C22H19N3O/c1-4-8-20-22(24-14-13-23-20)25-16(3)17(5-2)11-12-18-15-26-21-10-7-6-9-19(18)21/h1,5-7,9-15H,8H2,2-3H3/b12-11-,17-5+,25-16+. The number of aromatic nitrogens is 2. The number of hydrogen-bond donors (Lipinski definition) is 0. The number of hydrogen-bond acceptors (Lipinski definition) is 4. The van der Waals surface area contributed by atoms with Gasteiger partial charge in [-0.3, -0.25) is 4.98 Å². The van der Waals surface area contributed by atoms with Gasteiger partial charge in [0.2, 0.25) is 0 Å². The molecule has 0 radical (unpaired) electrons. The lowest BCUT2D eigenvalue weighted by atomic mass is 10.1. The van der Waals surface area contributed by atoms with E-state index in [1.807, 2.05) is 56.3 Å². The van der Waals surface area contributed by atoms with Crippen LogP contribution < -0.4 is 0 Å². The van der Waals surface area contributed by atoms with Gasteiger partial charge in [-0.1, -0.05) is 36.4 Å². The number of para-hydroxylation sites is 1. The van der Waals surface area contributed by atoms with Crippen molar-refractivity contribution in [3.8, 4) is 12.3 Å². The van der Waals surface area contributed by atoms with E-state index in [0.29, 0.717) is 17.9 Å². The normalized spacial score (nSPS) is 12.7. The zero-order chi connectivity index (χ0) is 18.4. The first-order valence-electron chi connectivity index (χ1n) is 8.32. The van der Waals surface area contributed by atoms with Crippen LogP contribution in [0.4, 0.5) is 5.82 Å². The van der Waals surface area contributed by atoms with Gasteiger partial charge < -0.3 is 4.42 Å². The fourth-order valence-electron chi connectivity index (χ4n) is 2.63. The highest BCUT2D eigenvalue weighted by Crippen LogP contribution is 2.23. The fraction of sp³-hybridized carbons (Fsp3) is 0.136. The third-order valence-electron chi connectivity index (χ3n) is 3.98. The second-order valence-electron chi connectivity index (χ2n) is 5.67. The first-order chi connectivity index (χ1) is 12.7. The summed E-state index contributed by atoms with van der Waals surface area (Å²) in [7, 11) is 0. The van der Waals surface area contributed by atoms with E-state index in [2.05, 4.69) is 20.9 Å². The molecule has 3 aromatic rings. The van der Waals surface area contributed by atoms with Crippen molar-refractivity contribution in [2.24, 2.45) is 4.99 Å². The van der Waals surface area contributed by atoms with Gasteiger partial charge in [-0.2, -0.15) is 0 Å². The van der Waals surface area contributed by atoms with Gasteiger partial charge in [0.15, 0.2) is 5.82 Å². The SMILES string of the molecule is C#CCc1nccnc1/N=C(C)/C(/C=C\c1coc2ccccc12)=C/C. The van der Waals surface area contributed by atoms with Gasteiger partial charge in [-0.15, -0.1) is 12.3 Å². The summed E-state index contributed by atoms with van der Waals surface area (Å²) in [5, 5.41) is 1.08. The molecule has 4 heteroatoms. The summed E-state index contributed by atoms with van der Waals surface area (Å²) in [6, 6.07) is 7.96. The molecule has 0 bridgehead atoms. The second kappa shape index (κ2) is 8.09. The quantitative estimate of drug-likeness (QED) is 0.366. The smallest absolute Gasteiger partial charge is 0.175 e. The molecule has 26 heavy (non-hydrogen) atoms. The molecule has 0 N–H and O–H groups in total. The third kappa shape index (κ3) is 3.79. The van der Waals surface area contributed by atoms with E-state index in [1.54, 1.807) is 18.7 Å². The Labute approximate surface area is 153 Å². The van der Waals surface area contributed by atoms with Crippen LogP contribution in [-0.2, 0) is 6.42 Å². The van der Waals surface area contributed by atoms with E-state index in [0.717, 1.165) is 27.8 Å². The topological polar surface area (TPSA) is 51.3 Å². The minimum Gasteiger partial charge on any atom is -0.464 e. The number of fused-ring (bicyclic) bond motifs is 1. The number of furan rings is 1. The number of nitrogens with zero attached hydrogens (tertiary/aromatic N) is 3. The van der Waals surface area contributed by atoms with E-state index in [9.17, 15) is 0 Å². The third-order valence-corrected chi connectivity index (χ3v) is 3.98. The van der Waals surface area contributed by atoms with Gasteiger partial charge in [0.1, 0.15) is 5.58 Å². The summed E-state index contributed by atoms with van der Waals surface area (Å²) in [6.07, 6.45) is 16.9. The molecule has 2 heterocycles. The molecule has 0 amide bonds. The fourth-order valence-corrected chi connectivity index (χ4v) is 2.63. The van der Waals surface area contributed by atoms with Gasteiger partial charge in [-0.05, 0) is 25.5 Å². The summed E-state index contributed by atoms with van der Waals surface area (Å²) in [4.78, 5) is 13.2. The first kappa shape index (κ1) is 17.4. The second-order valence-corrected chi connectivity index (χ2v) is 5.67. The summed E-state index contributed by atoms with van der Waals surface area (Å²) < 4.78 is 5.58. The average Bonchev–Trinajstić information content (AvgIpc) is 3.07. The van der Waals surface area contributed by atoms with Crippen molar-refractivity contribution in [3.05, 3.63) is 71.9 Å². The highest BCUT2D eigenvalue weighted by Gasteiger charge is 2.06. The van der Waals surface area contributed by atoms with Crippen molar-refractivity contribution in [1.29, 1.82) is 0 Å². The molecule has 4 nitrogen and oxygen atoms in total. The van der Waals surface area contributed by atoms with Crippen LogP contribution in [0.2, 0.25) is 0 Å². The predicted octanol–water partition coefficient (Wildman–Crippen LogP) is 5.15. The Balaban J connectivity index is 1.88. The maximum Gasteiger partial charge on any atom is 0.175 e. The molecule has 0 fully saturated rings. The number of terminal acetylenes is 1. The Kier molecular flexibility index (Phi) is 5.40. The van der Waals surface area contributed by atoms with Gasteiger partial charge in [-0.25, -0.2) is 9.98 Å². The maximum atomic E-state index is 5.58. The van der Waals surface area contributed by atoms with Crippen LogP contribution in [0.25, 0.3) is 17.0 Å². The van der Waals surface area contributed by atoms with Crippen LogP contribution >= 0.6 is 0 Å². The molecule has 0 aliphatic rings. The molecule has 0 spiro atoms. The van der Waals surface area contributed by atoms with E-state index < -0.39 is 0 Å². The van der Waals surface area contributed by atoms with Crippen LogP contribution in [0.15, 0.2) is 70.1 Å². The van der Waals surface area contributed by atoms with Crippen molar-refractivity contribution in [2.45, 2.75) is 20.3 Å². The molecule has 1 aromatic carbocycles. The monoisotopic (exact) mass is 341 g/mol. The molecule has 0 saturated heterocycles. The largest absolute Gasteiger partial charge is 0.464 e. The van der Waals surface area contributed by atoms with Crippen LogP contribution in [0.5, 0.6) is 0 Å². The number of aliphatic imine (C=N–C) groups is 1. The minimum absolute atomic E-state index is 0.405. The van der Waals surface area contributed by atoms with E-state index in [4.69, 9.17) is 10.8 Å². The first-order valence-corrected chi connectivity index (χ1v) is 8.32. The van der Waals surface area contributed by atoms with Crippen LogP contribution in [0, 0.1) is 12.3 Å². The predicted molar refractivity (Wildman–Crippen MR) is 106 cm³/mol. The van der Waals surface area contributed by atoms with Crippen LogP contribution in [0.1, 0.15) is 25.1 Å². The zero-order valence-electron chi connectivity index (χ0n) is 14.8. The van der Waals surface area contributed by atoms with Crippen molar-refractivity contribution in [2.75, 3.05) is 0 Å². The molecule has 2 aromatic heterocycles. The highest BCUT2D eigenvalue weighted by atomic mass is 16.3. The molecule has 0 atom stereocenters. The van der Waals surface area contributed by atoms with Crippen molar-refractivity contribution in [3.63, 3.8) is 0 Å². The molecule has 0 unspecified atom stereocenters. The highest BCUT2D eigenvalue weighted by molar-refractivity contribution is 6.03. The van der Waals surface area contributed by atoms with Gasteiger partial charge in [0.25, 0.3) is 0 Å². The molecular formula is C22H19N3O. The number of rotatable bonds is 5. The van der Waals surface area contributed by atoms with E-state index >= 15 is 0 Å². The van der Waals surface area contributed by atoms with Crippen molar-refractivity contribution in [1.82, 2.24) is 9.97 Å². The Bertz CT molecular complexity index is 1050. The lowest BCUT2D eigenvalue weighted by molar-refractivity contribution is 0.615. The van der Waals surface area contributed by atoms with Crippen molar-refractivity contribution >= 4 is 28.6 Å². The van der Waals surface area contributed by atoms with Gasteiger partial charge in [0.05, 0.1) is 18.4 Å². The Morgan fingerprint density at radius 1 is 1.27 bits per heavy atom. The molecule has 128 valence electrons. The maximum absolute atomic E-state index is 5.58. The lowest BCUT2D eigenvalue weighted by Crippen LogP contribution is -1.97. The summed E-state index contributed by atoms with van der Waals surface area (Å²) in [6.45, 7) is 3.92. The summed E-state index contributed by atoms with van der Waals surface area (Å²) in [5.74, 6) is 3.15. The molecule has 0 aliphatic carbocycles. The Morgan fingerprint density at radius 3 is 2.88 bits per heavy atom. The van der Waals surface area contributed by atoms with Crippen LogP contribution in [-0.4, -0.2) is 15.7 Å². The van der Waals surface area contributed by atoms with Gasteiger partial charge >= 0.3 is 0 Å². The summed E-state index contributed by atoms with van der Waals surface area (Å²) >= 11 is 0.